The van der Waals surface area contributed by atoms with Gasteiger partial charge in [0.05, 0.1) is 11.5 Å². The van der Waals surface area contributed by atoms with Crippen LogP contribution >= 0.6 is 0 Å². The second-order valence-electron chi connectivity index (χ2n) is 7.37. The number of nitrogens with one attached hydrogen (secondary N) is 1. The van der Waals surface area contributed by atoms with E-state index in [1.165, 1.54) is 24.9 Å². The molecule has 5 heteroatoms. The summed E-state index contributed by atoms with van der Waals surface area (Å²) in [6.07, 6.45) is 4.36. The molecule has 2 aromatic rings. The Hall–Kier alpha value is -2.82. The molecule has 28 heavy (non-hydrogen) atoms. The normalized spacial score (nSPS) is 15.1. The van der Waals surface area contributed by atoms with Crippen molar-refractivity contribution in [2.75, 3.05) is 24.5 Å². The van der Waals surface area contributed by atoms with Crippen molar-refractivity contribution in [3.8, 4) is 0 Å². The summed E-state index contributed by atoms with van der Waals surface area (Å²) in [5.74, 6) is -1.12. The maximum absolute atomic E-state index is 12.7. The van der Waals surface area contributed by atoms with Gasteiger partial charge in [0.25, 0.3) is 0 Å². The standard InChI is InChI=1S/C23H28N2O3/c1-17(20-7-3-4-8-21(20)25-15-5-2-6-16-25)22(26)24-14-13-18-9-11-19(12-10-18)23(27)28/h3-4,7-12,17H,2,5-6,13-16H2,1H3,(H,24,26)(H,27,28). The summed E-state index contributed by atoms with van der Waals surface area (Å²) in [4.78, 5) is 26.0. The van der Waals surface area contributed by atoms with Crippen LogP contribution in [0.3, 0.4) is 0 Å². The average Bonchev–Trinajstić information content (AvgIpc) is 2.74. The minimum absolute atomic E-state index is 0.0200. The van der Waals surface area contributed by atoms with Crippen LogP contribution in [0.25, 0.3) is 0 Å². The molecule has 2 aromatic carbocycles. The lowest BCUT2D eigenvalue weighted by Gasteiger charge is -2.31. The van der Waals surface area contributed by atoms with Crippen molar-refractivity contribution in [1.29, 1.82) is 0 Å². The zero-order valence-corrected chi connectivity index (χ0v) is 16.4. The molecule has 2 N–H and O–H groups in total. The van der Waals surface area contributed by atoms with Crippen molar-refractivity contribution in [2.45, 2.75) is 38.5 Å². The van der Waals surface area contributed by atoms with E-state index >= 15 is 0 Å². The maximum atomic E-state index is 12.7. The SMILES string of the molecule is CC(C(=O)NCCc1ccc(C(=O)O)cc1)c1ccccc1N1CCCCC1. The Labute approximate surface area is 166 Å². The molecule has 0 spiro atoms. The molecule has 1 fully saturated rings. The predicted molar refractivity (Wildman–Crippen MR) is 111 cm³/mol. The Morgan fingerprint density at radius 2 is 1.71 bits per heavy atom. The Bertz CT molecular complexity index is 811. The Morgan fingerprint density at radius 3 is 2.39 bits per heavy atom. The molecule has 1 amide bonds. The van der Waals surface area contributed by atoms with Crippen LogP contribution in [0.4, 0.5) is 5.69 Å². The van der Waals surface area contributed by atoms with Gasteiger partial charge in [0.2, 0.25) is 5.91 Å². The zero-order valence-electron chi connectivity index (χ0n) is 16.4. The van der Waals surface area contributed by atoms with E-state index in [1.807, 2.05) is 19.1 Å². The van der Waals surface area contributed by atoms with Crippen LogP contribution in [0.2, 0.25) is 0 Å². The van der Waals surface area contributed by atoms with Gasteiger partial charge in [0, 0.05) is 25.3 Å². The van der Waals surface area contributed by atoms with Crippen molar-refractivity contribution in [3.05, 3.63) is 65.2 Å². The number of rotatable bonds is 7. The number of carbonyl (C=O) groups is 2. The molecule has 148 valence electrons. The average molecular weight is 380 g/mol. The molecule has 1 heterocycles. The molecular weight excluding hydrogens is 352 g/mol. The molecule has 0 aliphatic carbocycles. The van der Waals surface area contributed by atoms with Gasteiger partial charge in [-0.25, -0.2) is 4.79 Å². The monoisotopic (exact) mass is 380 g/mol. The van der Waals surface area contributed by atoms with Gasteiger partial charge in [-0.15, -0.1) is 0 Å². The van der Waals surface area contributed by atoms with Gasteiger partial charge < -0.3 is 15.3 Å². The highest BCUT2D eigenvalue weighted by Crippen LogP contribution is 2.29. The van der Waals surface area contributed by atoms with E-state index in [0.29, 0.717) is 13.0 Å². The van der Waals surface area contributed by atoms with E-state index < -0.39 is 5.97 Å². The molecule has 3 rings (SSSR count). The number of carboxylic acid groups (broad SMARTS) is 1. The highest BCUT2D eigenvalue weighted by atomic mass is 16.4. The number of carboxylic acids is 1. The summed E-state index contributed by atoms with van der Waals surface area (Å²) in [7, 11) is 0. The lowest BCUT2D eigenvalue weighted by molar-refractivity contribution is -0.122. The highest BCUT2D eigenvalue weighted by Gasteiger charge is 2.21. The first kappa shape index (κ1) is 19.9. The number of hydrogen-bond acceptors (Lipinski definition) is 3. The van der Waals surface area contributed by atoms with Gasteiger partial charge >= 0.3 is 5.97 Å². The number of aromatic carboxylic acids is 1. The minimum Gasteiger partial charge on any atom is -0.478 e. The third-order valence-corrected chi connectivity index (χ3v) is 5.41. The topological polar surface area (TPSA) is 69.6 Å². The lowest BCUT2D eigenvalue weighted by Crippen LogP contribution is -2.33. The van der Waals surface area contributed by atoms with Gasteiger partial charge in [0.1, 0.15) is 0 Å². The predicted octanol–water partition coefficient (Wildman–Crippen LogP) is 3.84. The number of para-hydroxylation sites is 1. The maximum Gasteiger partial charge on any atom is 0.335 e. The number of nitrogens with zero attached hydrogens (tertiary/aromatic N) is 1. The van der Waals surface area contributed by atoms with E-state index in [1.54, 1.807) is 24.3 Å². The second-order valence-corrected chi connectivity index (χ2v) is 7.37. The van der Waals surface area contributed by atoms with Gasteiger partial charge in [-0.05, 0) is 61.9 Å². The van der Waals surface area contributed by atoms with Gasteiger partial charge in [0.15, 0.2) is 0 Å². The second kappa shape index (κ2) is 9.40. The first-order chi connectivity index (χ1) is 13.6. The van der Waals surface area contributed by atoms with Crippen LogP contribution < -0.4 is 10.2 Å². The molecule has 1 aliphatic rings. The summed E-state index contributed by atoms with van der Waals surface area (Å²) in [5.41, 5.74) is 3.53. The van der Waals surface area contributed by atoms with E-state index in [4.69, 9.17) is 5.11 Å². The van der Waals surface area contributed by atoms with Crippen LogP contribution in [-0.2, 0) is 11.2 Å². The Morgan fingerprint density at radius 1 is 1.04 bits per heavy atom. The minimum atomic E-state index is -0.930. The summed E-state index contributed by atoms with van der Waals surface area (Å²) >= 11 is 0. The lowest BCUT2D eigenvalue weighted by atomic mass is 9.96. The van der Waals surface area contributed by atoms with E-state index in [0.717, 1.165) is 24.2 Å². The Balaban J connectivity index is 1.58. The van der Waals surface area contributed by atoms with Crippen molar-refractivity contribution < 1.29 is 14.7 Å². The number of hydrogen-bond donors (Lipinski definition) is 2. The molecule has 0 aromatic heterocycles. The number of amides is 1. The van der Waals surface area contributed by atoms with Gasteiger partial charge in [-0.2, -0.15) is 0 Å². The van der Waals surface area contributed by atoms with Crippen molar-refractivity contribution in [1.82, 2.24) is 5.32 Å². The van der Waals surface area contributed by atoms with Crippen LogP contribution in [0.1, 0.15) is 53.6 Å². The van der Waals surface area contributed by atoms with Gasteiger partial charge in [-0.3, -0.25) is 4.79 Å². The molecule has 1 aliphatic heterocycles. The first-order valence-corrected chi connectivity index (χ1v) is 10.00. The molecule has 0 radical (unpaired) electrons. The molecule has 1 saturated heterocycles. The summed E-state index contributed by atoms with van der Waals surface area (Å²) in [5, 5.41) is 12.0. The Kier molecular flexibility index (Phi) is 6.69. The van der Waals surface area contributed by atoms with E-state index in [2.05, 4.69) is 22.3 Å². The van der Waals surface area contributed by atoms with E-state index in [9.17, 15) is 9.59 Å². The summed E-state index contributed by atoms with van der Waals surface area (Å²) in [6, 6.07) is 15.0. The van der Waals surface area contributed by atoms with Crippen molar-refractivity contribution >= 4 is 17.6 Å². The highest BCUT2D eigenvalue weighted by molar-refractivity contribution is 5.87. The van der Waals surface area contributed by atoms with Crippen molar-refractivity contribution in [2.24, 2.45) is 0 Å². The third kappa shape index (κ3) is 4.91. The van der Waals surface area contributed by atoms with Crippen LogP contribution in [0.15, 0.2) is 48.5 Å². The molecule has 0 saturated carbocycles. The number of anilines is 1. The zero-order chi connectivity index (χ0) is 19.9. The van der Waals surface area contributed by atoms with Crippen LogP contribution in [0, 0.1) is 0 Å². The molecule has 5 nitrogen and oxygen atoms in total. The molecular formula is C23H28N2O3. The fraction of sp³-hybridized carbons (Fsp3) is 0.391. The third-order valence-electron chi connectivity index (χ3n) is 5.41. The van der Waals surface area contributed by atoms with Crippen molar-refractivity contribution in [3.63, 3.8) is 0 Å². The first-order valence-electron chi connectivity index (χ1n) is 10.00. The van der Waals surface area contributed by atoms with Gasteiger partial charge in [-0.1, -0.05) is 30.3 Å². The van der Waals surface area contributed by atoms with Crippen LogP contribution in [0.5, 0.6) is 0 Å². The molecule has 0 bridgehead atoms. The summed E-state index contributed by atoms with van der Waals surface area (Å²) < 4.78 is 0. The van der Waals surface area contributed by atoms with Crippen LogP contribution in [-0.4, -0.2) is 36.6 Å². The number of benzene rings is 2. The fourth-order valence-corrected chi connectivity index (χ4v) is 3.71. The quantitative estimate of drug-likeness (QED) is 0.766. The molecule has 1 atom stereocenters. The number of piperidine rings is 1. The number of carbonyl (C=O) groups excluding carboxylic acids is 1. The largest absolute Gasteiger partial charge is 0.478 e. The molecule has 1 unspecified atom stereocenters. The van der Waals surface area contributed by atoms with E-state index in [-0.39, 0.29) is 17.4 Å². The smallest absolute Gasteiger partial charge is 0.335 e. The fourth-order valence-electron chi connectivity index (χ4n) is 3.71. The summed E-state index contributed by atoms with van der Waals surface area (Å²) in [6.45, 7) is 4.59.